The zero-order valence-corrected chi connectivity index (χ0v) is 9.88. The van der Waals surface area contributed by atoms with Crippen LogP contribution in [-0.4, -0.2) is 17.0 Å². The Morgan fingerprint density at radius 3 is 3.06 bits per heavy atom. The van der Waals surface area contributed by atoms with Gasteiger partial charge in [0.15, 0.2) is 5.82 Å². The van der Waals surface area contributed by atoms with Gasteiger partial charge in [-0.3, -0.25) is 4.79 Å². The number of fused-ring (bicyclic) bond motifs is 3. The molecule has 5 heteroatoms. The Morgan fingerprint density at radius 1 is 1.53 bits per heavy atom. The summed E-state index contributed by atoms with van der Waals surface area (Å²) in [6.07, 6.45) is 0. The fraction of sp³-hybridized carbons (Fsp3) is 0.250. The van der Waals surface area contributed by atoms with Crippen molar-refractivity contribution in [2.24, 2.45) is 0 Å². The van der Waals surface area contributed by atoms with Gasteiger partial charge < -0.3 is 9.88 Å². The van der Waals surface area contributed by atoms with Crippen LogP contribution in [0.1, 0.15) is 23.5 Å². The van der Waals surface area contributed by atoms with E-state index in [0.29, 0.717) is 23.1 Å². The summed E-state index contributed by atoms with van der Waals surface area (Å²) in [4.78, 5) is 11.7. The van der Waals surface area contributed by atoms with Crippen LogP contribution in [0.4, 0.5) is 4.39 Å². The van der Waals surface area contributed by atoms with Crippen LogP contribution in [0.25, 0.3) is 10.9 Å². The zero-order chi connectivity index (χ0) is 12.2. The minimum absolute atomic E-state index is 0.0215. The lowest BCUT2D eigenvalue weighted by atomic mass is 10.2. The lowest BCUT2D eigenvalue weighted by Crippen LogP contribution is -2.37. The van der Waals surface area contributed by atoms with Gasteiger partial charge in [0.05, 0.1) is 10.5 Å². The second kappa shape index (κ2) is 3.47. The van der Waals surface area contributed by atoms with Crippen molar-refractivity contribution in [1.82, 2.24) is 9.88 Å². The number of hydrogen-bond acceptors (Lipinski definition) is 1. The Balaban J connectivity index is 2.44. The summed E-state index contributed by atoms with van der Waals surface area (Å²) in [7, 11) is 0. The van der Waals surface area contributed by atoms with Crippen molar-refractivity contribution in [3.05, 3.63) is 34.7 Å². The number of nitrogens with zero attached hydrogens (tertiary/aromatic N) is 1. The summed E-state index contributed by atoms with van der Waals surface area (Å²) < 4.78 is 15.8. The van der Waals surface area contributed by atoms with Crippen molar-refractivity contribution in [3.8, 4) is 0 Å². The molecule has 1 aliphatic rings. The number of carbonyl (C=O) groups is 1. The van der Waals surface area contributed by atoms with E-state index in [2.05, 4.69) is 5.32 Å². The molecule has 2 heterocycles. The van der Waals surface area contributed by atoms with Crippen molar-refractivity contribution in [1.29, 1.82) is 0 Å². The van der Waals surface area contributed by atoms with Gasteiger partial charge in [0.25, 0.3) is 5.91 Å². The van der Waals surface area contributed by atoms with Crippen LogP contribution < -0.4 is 5.32 Å². The van der Waals surface area contributed by atoms with Crippen molar-refractivity contribution in [2.45, 2.75) is 13.0 Å². The lowest BCUT2D eigenvalue weighted by Gasteiger charge is -2.24. The third-order valence-electron chi connectivity index (χ3n) is 3.12. The molecule has 0 spiro atoms. The number of carbonyl (C=O) groups excluding carboxylic acids is 1. The summed E-state index contributed by atoms with van der Waals surface area (Å²) >= 11 is 5.78. The average Bonchev–Trinajstić information content (AvgIpc) is 2.70. The molecule has 88 valence electrons. The molecule has 1 amide bonds. The fourth-order valence-corrected chi connectivity index (χ4v) is 2.46. The first-order valence-corrected chi connectivity index (χ1v) is 5.74. The third kappa shape index (κ3) is 1.37. The highest BCUT2D eigenvalue weighted by Gasteiger charge is 2.26. The van der Waals surface area contributed by atoms with Crippen LogP contribution in [0, 0.1) is 5.82 Å². The number of aromatic nitrogens is 1. The third-order valence-corrected chi connectivity index (χ3v) is 3.42. The second-order valence-electron chi connectivity index (χ2n) is 4.26. The highest BCUT2D eigenvalue weighted by atomic mass is 35.5. The van der Waals surface area contributed by atoms with E-state index in [9.17, 15) is 9.18 Å². The fourth-order valence-electron chi connectivity index (χ4n) is 2.31. The van der Waals surface area contributed by atoms with Crippen molar-refractivity contribution >= 4 is 28.4 Å². The number of benzene rings is 1. The molecular formula is C12H10ClFN2O. The average molecular weight is 253 g/mol. The summed E-state index contributed by atoms with van der Waals surface area (Å²) in [6.45, 7) is 2.43. The second-order valence-corrected chi connectivity index (χ2v) is 4.67. The maximum atomic E-state index is 14.0. The van der Waals surface area contributed by atoms with E-state index in [1.165, 1.54) is 6.07 Å². The number of halogens is 2. The van der Waals surface area contributed by atoms with Crippen molar-refractivity contribution < 1.29 is 9.18 Å². The minimum Gasteiger partial charge on any atom is -0.349 e. The van der Waals surface area contributed by atoms with Crippen LogP contribution in [0.5, 0.6) is 0 Å². The molecule has 0 saturated carbocycles. The summed E-state index contributed by atoms with van der Waals surface area (Å²) in [6, 6.07) is 4.95. The normalized spacial score (nSPS) is 19.2. The Labute approximate surface area is 102 Å². The van der Waals surface area contributed by atoms with Crippen molar-refractivity contribution in [2.75, 3.05) is 6.54 Å². The highest BCUT2D eigenvalue weighted by molar-refractivity contribution is 6.31. The summed E-state index contributed by atoms with van der Waals surface area (Å²) in [5.41, 5.74) is 0.898. The van der Waals surface area contributed by atoms with Gasteiger partial charge in [0.2, 0.25) is 0 Å². The zero-order valence-electron chi connectivity index (χ0n) is 9.13. The first-order chi connectivity index (χ1) is 8.09. The largest absolute Gasteiger partial charge is 0.349 e. The molecule has 1 aromatic heterocycles. The minimum atomic E-state index is -0.461. The molecule has 17 heavy (non-hydrogen) atoms. The number of hydrogen-bond donors (Lipinski definition) is 1. The molecule has 3 rings (SSSR count). The van der Waals surface area contributed by atoms with Crippen LogP contribution >= 0.6 is 11.6 Å². The quantitative estimate of drug-likeness (QED) is 0.769. The molecule has 0 aliphatic carbocycles. The van der Waals surface area contributed by atoms with E-state index in [1.807, 2.05) is 6.92 Å². The number of rotatable bonds is 0. The van der Waals surface area contributed by atoms with Crippen LogP contribution in [0.15, 0.2) is 18.2 Å². The molecule has 1 N–H and O–H groups in total. The molecule has 1 aromatic carbocycles. The van der Waals surface area contributed by atoms with E-state index in [-0.39, 0.29) is 17.0 Å². The molecule has 1 atom stereocenters. The SMILES string of the molecule is CC1CNC(=O)c2cc3ccc(Cl)c(F)c3n21. The highest BCUT2D eigenvalue weighted by Crippen LogP contribution is 2.31. The van der Waals surface area contributed by atoms with Gasteiger partial charge in [-0.2, -0.15) is 0 Å². The van der Waals surface area contributed by atoms with E-state index >= 15 is 0 Å². The van der Waals surface area contributed by atoms with Gasteiger partial charge in [0, 0.05) is 18.0 Å². The number of nitrogens with one attached hydrogen (secondary N) is 1. The molecule has 0 saturated heterocycles. The van der Waals surface area contributed by atoms with Gasteiger partial charge >= 0.3 is 0 Å². The Bertz CT molecular complexity index is 635. The van der Waals surface area contributed by atoms with Crippen LogP contribution in [-0.2, 0) is 0 Å². The summed E-state index contributed by atoms with van der Waals surface area (Å²) in [5.74, 6) is -0.633. The Morgan fingerprint density at radius 2 is 2.29 bits per heavy atom. The molecule has 1 aliphatic heterocycles. The Kier molecular flexibility index (Phi) is 2.16. The maximum Gasteiger partial charge on any atom is 0.268 e. The first kappa shape index (κ1) is 10.6. The first-order valence-electron chi connectivity index (χ1n) is 5.36. The predicted octanol–water partition coefficient (Wildman–Crippen LogP) is 2.74. The standard InChI is InChI=1S/C12H10ClFN2O/c1-6-5-15-12(17)9-4-7-2-3-8(13)10(14)11(7)16(6)9/h2-4,6H,5H2,1H3,(H,15,17). The monoisotopic (exact) mass is 252 g/mol. The van der Waals surface area contributed by atoms with Gasteiger partial charge in [-0.25, -0.2) is 4.39 Å². The molecule has 0 fully saturated rings. The van der Waals surface area contributed by atoms with E-state index < -0.39 is 5.82 Å². The molecule has 3 nitrogen and oxygen atoms in total. The lowest BCUT2D eigenvalue weighted by molar-refractivity contribution is 0.0919. The maximum absolute atomic E-state index is 14.0. The molecule has 0 radical (unpaired) electrons. The smallest absolute Gasteiger partial charge is 0.268 e. The molecule has 2 aromatic rings. The Hall–Kier alpha value is -1.55. The van der Waals surface area contributed by atoms with Crippen LogP contribution in [0.2, 0.25) is 5.02 Å². The van der Waals surface area contributed by atoms with E-state index in [4.69, 9.17) is 11.6 Å². The molecule has 0 bridgehead atoms. The molecule has 1 unspecified atom stereocenters. The summed E-state index contributed by atoms with van der Waals surface area (Å²) in [5, 5.41) is 3.55. The number of amides is 1. The topological polar surface area (TPSA) is 34.0 Å². The van der Waals surface area contributed by atoms with Gasteiger partial charge in [-0.15, -0.1) is 0 Å². The van der Waals surface area contributed by atoms with Crippen LogP contribution in [0.3, 0.4) is 0 Å². The van der Waals surface area contributed by atoms with E-state index in [1.54, 1.807) is 16.7 Å². The molecular weight excluding hydrogens is 243 g/mol. The van der Waals surface area contributed by atoms with Gasteiger partial charge in [-0.05, 0) is 19.1 Å². The van der Waals surface area contributed by atoms with E-state index in [0.717, 1.165) is 0 Å². The predicted molar refractivity (Wildman–Crippen MR) is 64.0 cm³/mol. The van der Waals surface area contributed by atoms with Crippen molar-refractivity contribution in [3.63, 3.8) is 0 Å². The van der Waals surface area contributed by atoms with Gasteiger partial charge in [0.1, 0.15) is 5.69 Å². The van der Waals surface area contributed by atoms with Gasteiger partial charge in [-0.1, -0.05) is 17.7 Å².